The summed E-state index contributed by atoms with van der Waals surface area (Å²) in [5.74, 6) is 1.36. The third kappa shape index (κ3) is 3.37. The maximum atomic E-state index is 5.60. The first-order valence-electron chi connectivity index (χ1n) is 8.03. The molecule has 0 radical (unpaired) electrons. The average molecular weight is 347 g/mol. The van der Waals surface area contributed by atoms with E-state index in [0.29, 0.717) is 11.6 Å². The van der Waals surface area contributed by atoms with Gasteiger partial charge in [0.25, 0.3) is 0 Å². The van der Waals surface area contributed by atoms with E-state index in [-0.39, 0.29) is 0 Å². The highest BCUT2D eigenvalue weighted by atomic mass is 32.2. The number of para-hydroxylation sites is 1. The van der Waals surface area contributed by atoms with E-state index in [2.05, 4.69) is 33.6 Å². The summed E-state index contributed by atoms with van der Waals surface area (Å²) in [6, 6.07) is 18.2. The van der Waals surface area contributed by atoms with E-state index in [0.717, 1.165) is 22.1 Å². The molecular formula is C20H17N3OS. The van der Waals surface area contributed by atoms with Crippen molar-refractivity contribution in [2.24, 2.45) is 0 Å². The lowest BCUT2D eigenvalue weighted by atomic mass is 10.2. The van der Waals surface area contributed by atoms with Crippen LogP contribution in [0.3, 0.4) is 0 Å². The molecule has 0 bridgehead atoms. The molecule has 5 heteroatoms. The standard InChI is InChI=1S/C20H17N3OS/c1-15-7-5-6-10-18(15)23-12-11-21-20(23)25-14-17-13-24-19(22-17)16-8-3-2-4-9-16/h2-13H,14H2,1H3. The summed E-state index contributed by atoms with van der Waals surface area (Å²) in [5, 5.41) is 0.943. The number of benzene rings is 2. The fourth-order valence-electron chi connectivity index (χ4n) is 2.64. The quantitative estimate of drug-likeness (QED) is 0.470. The Morgan fingerprint density at radius 1 is 1.04 bits per heavy atom. The van der Waals surface area contributed by atoms with Gasteiger partial charge in [-0.3, -0.25) is 4.57 Å². The van der Waals surface area contributed by atoms with Crippen molar-refractivity contribution in [3.63, 3.8) is 0 Å². The molecule has 4 rings (SSSR count). The Bertz CT molecular complexity index is 975. The smallest absolute Gasteiger partial charge is 0.226 e. The van der Waals surface area contributed by atoms with Gasteiger partial charge in [0.05, 0.1) is 11.4 Å². The van der Waals surface area contributed by atoms with Gasteiger partial charge in [-0.1, -0.05) is 48.2 Å². The van der Waals surface area contributed by atoms with Crippen molar-refractivity contribution >= 4 is 11.8 Å². The van der Waals surface area contributed by atoms with E-state index in [4.69, 9.17) is 4.42 Å². The van der Waals surface area contributed by atoms with Gasteiger partial charge in [-0.05, 0) is 30.7 Å². The summed E-state index contributed by atoms with van der Waals surface area (Å²) in [4.78, 5) is 9.06. The topological polar surface area (TPSA) is 43.9 Å². The minimum Gasteiger partial charge on any atom is -0.444 e. The number of hydrogen-bond donors (Lipinski definition) is 0. The van der Waals surface area contributed by atoms with Crippen molar-refractivity contribution in [1.29, 1.82) is 0 Å². The zero-order chi connectivity index (χ0) is 17.1. The van der Waals surface area contributed by atoms with Crippen molar-refractivity contribution in [3.05, 3.63) is 84.5 Å². The zero-order valence-electron chi connectivity index (χ0n) is 13.8. The number of rotatable bonds is 5. The molecule has 0 amide bonds. The second-order valence-corrected chi connectivity index (χ2v) is 6.61. The second kappa shape index (κ2) is 6.99. The maximum absolute atomic E-state index is 5.60. The van der Waals surface area contributed by atoms with E-state index >= 15 is 0 Å². The van der Waals surface area contributed by atoms with Gasteiger partial charge in [-0.25, -0.2) is 9.97 Å². The molecule has 0 atom stereocenters. The van der Waals surface area contributed by atoms with Gasteiger partial charge >= 0.3 is 0 Å². The van der Waals surface area contributed by atoms with Crippen LogP contribution in [0.4, 0.5) is 0 Å². The zero-order valence-corrected chi connectivity index (χ0v) is 14.6. The number of oxazole rings is 1. The fourth-order valence-corrected chi connectivity index (χ4v) is 3.48. The van der Waals surface area contributed by atoms with Gasteiger partial charge < -0.3 is 4.42 Å². The molecule has 0 aliphatic rings. The maximum Gasteiger partial charge on any atom is 0.226 e. The Balaban J connectivity index is 1.51. The van der Waals surface area contributed by atoms with Crippen LogP contribution in [-0.2, 0) is 5.75 Å². The van der Waals surface area contributed by atoms with Crippen molar-refractivity contribution in [1.82, 2.24) is 14.5 Å². The molecule has 2 aromatic carbocycles. The lowest BCUT2D eigenvalue weighted by Crippen LogP contribution is -1.97. The number of imidazole rings is 1. The Morgan fingerprint density at radius 2 is 1.84 bits per heavy atom. The molecule has 0 spiro atoms. The highest BCUT2D eigenvalue weighted by Gasteiger charge is 2.11. The summed E-state index contributed by atoms with van der Waals surface area (Å²) in [6.45, 7) is 2.10. The van der Waals surface area contributed by atoms with Gasteiger partial charge in [-0.15, -0.1) is 0 Å². The van der Waals surface area contributed by atoms with Crippen LogP contribution in [0, 0.1) is 6.92 Å². The molecule has 0 saturated heterocycles. The molecule has 4 aromatic rings. The molecule has 0 unspecified atom stereocenters. The predicted molar refractivity (Wildman–Crippen MR) is 99.8 cm³/mol. The monoisotopic (exact) mass is 347 g/mol. The SMILES string of the molecule is Cc1ccccc1-n1ccnc1SCc1coc(-c2ccccc2)n1. The third-order valence-electron chi connectivity index (χ3n) is 3.90. The Kier molecular flexibility index (Phi) is 4.39. The number of aryl methyl sites for hydroxylation is 1. The van der Waals surface area contributed by atoms with Crippen LogP contribution in [0.1, 0.15) is 11.3 Å². The normalized spacial score (nSPS) is 10.9. The van der Waals surface area contributed by atoms with Crippen LogP contribution in [0.5, 0.6) is 0 Å². The molecule has 0 aliphatic heterocycles. The van der Waals surface area contributed by atoms with Gasteiger partial charge in [0.1, 0.15) is 6.26 Å². The number of thioether (sulfide) groups is 1. The first kappa shape index (κ1) is 15.7. The first-order valence-corrected chi connectivity index (χ1v) is 9.02. The van der Waals surface area contributed by atoms with Crippen LogP contribution in [0.2, 0.25) is 0 Å². The van der Waals surface area contributed by atoms with Gasteiger partial charge in [-0.2, -0.15) is 0 Å². The Hall–Kier alpha value is -2.79. The van der Waals surface area contributed by atoms with E-state index < -0.39 is 0 Å². The summed E-state index contributed by atoms with van der Waals surface area (Å²) >= 11 is 1.65. The summed E-state index contributed by atoms with van der Waals surface area (Å²) < 4.78 is 7.71. The van der Waals surface area contributed by atoms with Crippen LogP contribution in [0.15, 0.2) is 82.8 Å². The Labute approximate surface area is 150 Å². The molecule has 0 fully saturated rings. The molecule has 4 nitrogen and oxygen atoms in total. The molecule has 25 heavy (non-hydrogen) atoms. The molecule has 0 aliphatic carbocycles. The average Bonchev–Trinajstić information content (AvgIpc) is 3.30. The first-order chi connectivity index (χ1) is 12.3. The number of hydrogen-bond acceptors (Lipinski definition) is 4. The molecule has 2 aromatic heterocycles. The highest BCUT2D eigenvalue weighted by molar-refractivity contribution is 7.98. The van der Waals surface area contributed by atoms with E-state index in [1.165, 1.54) is 5.56 Å². The summed E-state index contributed by atoms with van der Waals surface area (Å²) in [6.07, 6.45) is 5.53. The van der Waals surface area contributed by atoms with Gasteiger partial charge in [0.2, 0.25) is 5.89 Å². The Morgan fingerprint density at radius 3 is 2.68 bits per heavy atom. The lowest BCUT2D eigenvalue weighted by Gasteiger charge is -2.09. The summed E-state index contributed by atoms with van der Waals surface area (Å²) in [5.41, 5.74) is 4.26. The molecule has 124 valence electrons. The minimum absolute atomic E-state index is 0.651. The molecule has 2 heterocycles. The van der Waals surface area contributed by atoms with Crippen LogP contribution < -0.4 is 0 Å². The largest absolute Gasteiger partial charge is 0.444 e. The van der Waals surface area contributed by atoms with Crippen LogP contribution in [-0.4, -0.2) is 14.5 Å². The van der Waals surface area contributed by atoms with E-state index in [9.17, 15) is 0 Å². The number of nitrogens with zero attached hydrogens (tertiary/aromatic N) is 3. The molecule has 0 saturated carbocycles. The predicted octanol–water partition coefficient (Wildman–Crippen LogP) is 5.13. The summed E-state index contributed by atoms with van der Waals surface area (Å²) in [7, 11) is 0. The van der Waals surface area contributed by atoms with E-state index in [1.54, 1.807) is 18.0 Å². The number of aromatic nitrogens is 3. The van der Waals surface area contributed by atoms with Gasteiger partial charge in [0, 0.05) is 23.7 Å². The van der Waals surface area contributed by atoms with Crippen molar-refractivity contribution in [3.8, 4) is 17.1 Å². The lowest BCUT2D eigenvalue weighted by molar-refractivity contribution is 0.573. The minimum atomic E-state index is 0.651. The van der Waals surface area contributed by atoms with Crippen molar-refractivity contribution < 1.29 is 4.42 Å². The van der Waals surface area contributed by atoms with Crippen molar-refractivity contribution in [2.45, 2.75) is 17.8 Å². The van der Waals surface area contributed by atoms with Crippen LogP contribution >= 0.6 is 11.8 Å². The van der Waals surface area contributed by atoms with Gasteiger partial charge in [0.15, 0.2) is 5.16 Å². The molecular weight excluding hydrogens is 330 g/mol. The van der Waals surface area contributed by atoms with Crippen molar-refractivity contribution in [2.75, 3.05) is 0 Å². The third-order valence-corrected chi connectivity index (χ3v) is 4.90. The fraction of sp³-hybridized carbons (Fsp3) is 0.100. The molecule has 0 N–H and O–H groups in total. The van der Waals surface area contributed by atoms with E-state index in [1.807, 2.05) is 54.9 Å². The highest BCUT2D eigenvalue weighted by Crippen LogP contribution is 2.26. The second-order valence-electron chi connectivity index (χ2n) is 5.67. The van der Waals surface area contributed by atoms with Crippen LogP contribution in [0.25, 0.3) is 17.1 Å².